The van der Waals surface area contributed by atoms with E-state index in [2.05, 4.69) is 5.32 Å². The summed E-state index contributed by atoms with van der Waals surface area (Å²) < 4.78 is 0. The smallest absolute Gasteiger partial charge is 0.253 e. The summed E-state index contributed by atoms with van der Waals surface area (Å²) in [5, 5.41) is 2.85. The largest absolute Gasteiger partial charge is 0.369 e. The van der Waals surface area contributed by atoms with Gasteiger partial charge in [-0.2, -0.15) is 0 Å². The van der Waals surface area contributed by atoms with Crippen LogP contribution in [-0.4, -0.2) is 35.7 Å². The average Bonchev–Trinajstić information content (AvgIpc) is 3.40. The molecule has 1 aliphatic heterocycles. The Hall–Kier alpha value is -2.37. The van der Waals surface area contributed by atoms with E-state index in [1.807, 2.05) is 0 Å². The highest BCUT2D eigenvalue weighted by Crippen LogP contribution is 2.30. The van der Waals surface area contributed by atoms with Gasteiger partial charge >= 0.3 is 0 Å². The molecule has 0 atom stereocenters. The van der Waals surface area contributed by atoms with Gasteiger partial charge in [0.05, 0.1) is 0 Å². The maximum atomic E-state index is 12.5. The Morgan fingerprint density at radius 2 is 1.57 bits per heavy atom. The van der Waals surface area contributed by atoms with Gasteiger partial charge < -0.3 is 16.0 Å². The van der Waals surface area contributed by atoms with E-state index in [1.54, 1.807) is 29.2 Å². The number of carbonyl (C=O) groups excluding carboxylic acids is 3. The molecular weight excluding hydrogens is 294 g/mol. The number of nitrogens with zero attached hydrogens (tertiary/aromatic N) is 1. The highest BCUT2D eigenvalue weighted by atomic mass is 16.2. The molecule has 122 valence electrons. The minimum atomic E-state index is -0.284. The van der Waals surface area contributed by atoms with Gasteiger partial charge in [0.15, 0.2) is 0 Å². The summed E-state index contributed by atoms with van der Waals surface area (Å²) in [7, 11) is 0. The summed E-state index contributed by atoms with van der Waals surface area (Å²) in [5.74, 6) is -0.250. The zero-order chi connectivity index (χ0) is 16.4. The molecule has 0 spiro atoms. The lowest BCUT2D eigenvalue weighted by Crippen LogP contribution is -2.41. The maximum Gasteiger partial charge on any atom is 0.253 e. The van der Waals surface area contributed by atoms with Crippen molar-refractivity contribution in [1.82, 2.24) is 4.90 Å². The Morgan fingerprint density at radius 3 is 2.09 bits per heavy atom. The van der Waals surface area contributed by atoms with Crippen molar-refractivity contribution in [2.75, 3.05) is 18.4 Å². The third-order valence-corrected chi connectivity index (χ3v) is 4.53. The molecule has 2 aliphatic rings. The number of hydrogen-bond donors (Lipinski definition) is 2. The molecule has 1 saturated heterocycles. The number of primary amides is 1. The fraction of sp³-hybridized carbons (Fsp3) is 0.471. The van der Waals surface area contributed by atoms with Gasteiger partial charge in [-0.15, -0.1) is 0 Å². The molecule has 1 aliphatic carbocycles. The van der Waals surface area contributed by atoms with E-state index in [4.69, 9.17) is 5.73 Å². The van der Waals surface area contributed by atoms with Gasteiger partial charge in [0.25, 0.3) is 5.91 Å². The minimum Gasteiger partial charge on any atom is -0.369 e. The van der Waals surface area contributed by atoms with Gasteiger partial charge in [0.1, 0.15) is 0 Å². The molecular formula is C17H21N3O3. The molecule has 3 rings (SSSR count). The molecule has 1 aromatic carbocycles. The molecule has 0 aromatic heterocycles. The Morgan fingerprint density at radius 1 is 0.957 bits per heavy atom. The molecule has 3 N–H and O–H groups in total. The number of hydrogen-bond acceptors (Lipinski definition) is 3. The van der Waals surface area contributed by atoms with E-state index in [-0.39, 0.29) is 29.6 Å². The second-order valence-electron chi connectivity index (χ2n) is 6.31. The van der Waals surface area contributed by atoms with Crippen LogP contribution in [0.4, 0.5) is 5.69 Å². The molecule has 2 fully saturated rings. The number of anilines is 1. The number of carbonyl (C=O) groups is 3. The maximum absolute atomic E-state index is 12.5. The number of nitrogens with one attached hydrogen (secondary N) is 1. The number of piperidine rings is 1. The quantitative estimate of drug-likeness (QED) is 0.879. The van der Waals surface area contributed by atoms with Crippen molar-refractivity contribution in [2.24, 2.45) is 17.6 Å². The van der Waals surface area contributed by atoms with Crippen LogP contribution in [0.3, 0.4) is 0 Å². The third kappa shape index (κ3) is 3.70. The molecule has 1 heterocycles. The Kier molecular flexibility index (Phi) is 4.32. The van der Waals surface area contributed by atoms with Crippen LogP contribution < -0.4 is 11.1 Å². The summed E-state index contributed by atoms with van der Waals surface area (Å²) in [6.45, 7) is 1.10. The van der Waals surface area contributed by atoms with Crippen LogP contribution in [0.15, 0.2) is 24.3 Å². The minimum absolute atomic E-state index is 0.0482. The first-order chi connectivity index (χ1) is 11.0. The van der Waals surface area contributed by atoms with Crippen LogP contribution in [0.5, 0.6) is 0 Å². The molecule has 1 saturated carbocycles. The number of rotatable bonds is 4. The number of amides is 3. The van der Waals surface area contributed by atoms with Gasteiger partial charge in [-0.1, -0.05) is 0 Å². The van der Waals surface area contributed by atoms with Crippen LogP contribution in [0.25, 0.3) is 0 Å². The van der Waals surface area contributed by atoms with E-state index in [1.165, 1.54) is 0 Å². The third-order valence-electron chi connectivity index (χ3n) is 4.53. The fourth-order valence-corrected chi connectivity index (χ4v) is 2.84. The molecule has 6 heteroatoms. The number of likely N-dealkylation sites (tertiary alicyclic amines) is 1. The normalized spacial score (nSPS) is 18.5. The predicted octanol–water partition coefficient (Wildman–Crippen LogP) is 1.37. The average molecular weight is 315 g/mol. The molecule has 1 aromatic rings. The Bertz CT molecular complexity index is 614. The zero-order valence-corrected chi connectivity index (χ0v) is 13.0. The number of benzene rings is 1. The van der Waals surface area contributed by atoms with Gasteiger partial charge in [-0.25, -0.2) is 0 Å². The van der Waals surface area contributed by atoms with E-state index < -0.39 is 0 Å². The van der Waals surface area contributed by atoms with Crippen molar-refractivity contribution < 1.29 is 14.4 Å². The van der Waals surface area contributed by atoms with Gasteiger partial charge in [-0.3, -0.25) is 14.4 Å². The monoisotopic (exact) mass is 315 g/mol. The molecule has 6 nitrogen and oxygen atoms in total. The summed E-state index contributed by atoms with van der Waals surface area (Å²) in [4.78, 5) is 37.1. The predicted molar refractivity (Wildman–Crippen MR) is 85.6 cm³/mol. The summed E-state index contributed by atoms with van der Waals surface area (Å²) in [6, 6.07) is 6.96. The van der Waals surface area contributed by atoms with Crippen molar-refractivity contribution >= 4 is 23.4 Å². The standard InChI is InChI=1S/C17H21N3O3/c18-15(21)11-7-9-20(10-8-11)17(23)13-3-5-14(6-4-13)19-16(22)12-1-2-12/h3-6,11-12H,1-2,7-10H2,(H2,18,21)(H,19,22). The Labute approximate surface area is 135 Å². The first-order valence-corrected chi connectivity index (χ1v) is 8.04. The van der Waals surface area contributed by atoms with Crippen LogP contribution in [0.1, 0.15) is 36.0 Å². The number of nitrogens with two attached hydrogens (primary N) is 1. The van der Waals surface area contributed by atoms with Gasteiger partial charge in [0, 0.05) is 36.2 Å². The zero-order valence-electron chi connectivity index (χ0n) is 13.0. The SMILES string of the molecule is NC(=O)C1CCN(C(=O)c2ccc(NC(=O)C3CC3)cc2)CC1. The van der Waals surface area contributed by atoms with E-state index in [0.29, 0.717) is 37.2 Å². The highest BCUT2D eigenvalue weighted by molar-refractivity contribution is 5.97. The fourth-order valence-electron chi connectivity index (χ4n) is 2.84. The van der Waals surface area contributed by atoms with Gasteiger partial charge in [0.2, 0.25) is 11.8 Å². The van der Waals surface area contributed by atoms with Crippen molar-refractivity contribution in [3.8, 4) is 0 Å². The summed E-state index contributed by atoms with van der Waals surface area (Å²) >= 11 is 0. The van der Waals surface area contributed by atoms with Gasteiger partial charge in [-0.05, 0) is 49.9 Å². The van der Waals surface area contributed by atoms with E-state index >= 15 is 0 Å². The topological polar surface area (TPSA) is 92.5 Å². The van der Waals surface area contributed by atoms with E-state index in [0.717, 1.165) is 12.8 Å². The lowest BCUT2D eigenvalue weighted by molar-refractivity contribution is -0.123. The van der Waals surface area contributed by atoms with Crippen molar-refractivity contribution in [1.29, 1.82) is 0 Å². The van der Waals surface area contributed by atoms with Crippen molar-refractivity contribution in [3.05, 3.63) is 29.8 Å². The van der Waals surface area contributed by atoms with Crippen LogP contribution in [0, 0.1) is 11.8 Å². The second kappa shape index (κ2) is 6.40. The first-order valence-electron chi connectivity index (χ1n) is 8.04. The summed E-state index contributed by atoms with van der Waals surface area (Å²) in [5.41, 5.74) is 6.61. The second-order valence-corrected chi connectivity index (χ2v) is 6.31. The molecule has 3 amide bonds. The lowest BCUT2D eigenvalue weighted by atomic mass is 9.96. The Balaban J connectivity index is 1.57. The van der Waals surface area contributed by atoms with Crippen LogP contribution in [-0.2, 0) is 9.59 Å². The van der Waals surface area contributed by atoms with Crippen LogP contribution >= 0.6 is 0 Å². The molecule has 0 unspecified atom stereocenters. The molecule has 0 bridgehead atoms. The van der Waals surface area contributed by atoms with Crippen molar-refractivity contribution in [2.45, 2.75) is 25.7 Å². The molecule has 23 heavy (non-hydrogen) atoms. The lowest BCUT2D eigenvalue weighted by Gasteiger charge is -2.30. The molecule has 0 radical (unpaired) electrons. The summed E-state index contributed by atoms with van der Waals surface area (Å²) in [6.07, 6.45) is 3.17. The highest BCUT2D eigenvalue weighted by Gasteiger charge is 2.29. The first kappa shape index (κ1) is 15.5. The van der Waals surface area contributed by atoms with Crippen molar-refractivity contribution in [3.63, 3.8) is 0 Å². The van der Waals surface area contributed by atoms with E-state index in [9.17, 15) is 14.4 Å². The van der Waals surface area contributed by atoms with Crippen LogP contribution in [0.2, 0.25) is 0 Å².